The molecule has 27 heavy (non-hydrogen) atoms. The Kier molecular flexibility index (Phi) is 5.17. The number of aromatic nitrogens is 3. The third kappa shape index (κ3) is 4.11. The Balaban J connectivity index is 1.86. The molecule has 0 aliphatic heterocycles. The van der Waals surface area contributed by atoms with E-state index in [-0.39, 0.29) is 24.6 Å². The van der Waals surface area contributed by atoms with Gasteiger partial charge < -0.3 is 9.84 Å². The second-order valence-electron chi connectivity index (χ2n) is 5.46. The molecular formula is C17H14F3N3O3S. The molecule has 2 aromatic heterocycles. The van der Waals surface area contributed by atoms with E-state index >= 15 is 0 Å². The number of benzene rings is 1. The van der Waals surface area contributed by atoms with Crippen LogP contribution in [0.5, 0.6) is 5.88 Å². The van der Waals surface area contributed by atoms with Crippen LogP contribution in [0.15, 0.2) is 35.8 Å². The number of carbonyl (C=O) groups is 1. The van der Waals surface area contributed by atoms with Gasteiger partial charge in [-0.3, -0.25) is 0 Å². The molecular weight excluding hydrogens is 383 g/mol. The molecule has 3 aromatic rings. The summed E-state index contributed by atoms with van der Waals surface area (Å²) >= 11 is 1.24. The first-order chi connectivity index (χ1) is 12.8. The van der Waals surface area contributed by atoms with Crippen LogP contribution in [0.4, 0.5) is 13.2 Å². The fourth-order valence-electron chi connectivity index (χ4n) is 2.42. The van der Waals surface area contributed by atoms with Gasteiger partial charge in [0.25, 0.3) is 0 Å². The zero-order valence-corrected chi connectivity index (χ0v) is 14.8. The largest absolute Gasteiger partial charge is 0.478 e. The van der Waals surface area contributed by atoms with Crippen molar-refractivity contribution in [1.29, 1.82) is 0 Å². The highest BCUT2D eigenvalue weighted by Gasteiger charge is 2.30. The molecule has 0 aliphatic carbocycles. The summed E-state index contributed by atoms with van der Waals surface area (Å²) in [6, 6.07) is 4.93. The van der Waals surface area contributed by atoms with Gasteiger partial charge in [-0.2, -0.15) is 18.3 Å². The number of rotatable bonds is 6. The maximum absolute atomic E-state index is 12.9. The topological polar surface area (TPSA) is 77.2 Å². The van der Waals surface area contributed by atoms with Gasteiger partial charge in [-0.05, 0) is 19.1 Å². The van der Waals surface area contributed by atoms with Crippen LogP contribution in [0.25, 0.3) is 11.3 Å². The van der Waals surface area contributed by atoms with Crippen LogP contribution < -0.4 is 4.74 Å². The van der Waals surface area contributed by atoms with E-state index in [9.17, 15) is 23.1 Å². The minimum atomic E-state index is -4.43. The van der Waals surface area contributed by atoms with Crippen molar-refractivity contribution in [1.82, 2.24) is 14.8 Å². The van der Waals surface area contributed by atoms with Gasteiger partial charge in [-0.1, -0.05) is 12.1 Å². The number of thiazole rings is 1. The molecule has 1 aromatic carbocycles. The lowest BCUT2D eigenvalue weighted by molar-refractivity contribution is -0.137. The van der Waals surface area contributed by atoms with Crippen LogP contribution >= 0.6 is 11.3 Å². The molecule has 0 spiro atoms. The van der Waals surface area contributed by atoms with E-state index in [1.54, 1.807) is 18.4 Å². The van der Waals surface area contributed by atoms with Crippen molar-refractivity contribution in [2.45, 2.75) is 19.6 Å². The van der Waals surface area contributed by atoms with Gasteiger partial charge in [0.15, 0.2) is 0 Å². The predicted molar refractivity (Wildman–Crippen MR) is 92.0 cm³/mol. The van der Waals surface area contributed by atoms with Crippen molar-refractivity contribution in [2.24, 2.45) is 0 Å². The second kappa shape index (κ2) is 7.39. The van der Waals surface area contributed by atoms with Crippen molar-refractivity contribution in [2.75, 3.05) is 6.61 Å². The van der Waals surface area contributed by atoms with E-state index in [4.69, 9.17) is 4.74 Å². The molecule has 2 heterocycles. The van der Waals surface area contributed by atoms with Crippen LogP contribution in [-0.4, -0.2) is 32.4 Å². The number of hydrogen-bond acceptors (Lipinski definition) is 5. The summed E-state index contributed by atoms with van der Waals surface area (Å²) in [4.78, 5) is 15.6. The van der Waals surface area contributed by atoms with Gasteiger partial charge >= 0.3 is 12.1 Å². The third-order valence-corrected chi connectivity index (χ3v) is 4.46. The maximum Gasteiger partial charge on any atom is 0.416 e. The Hall–Kier alpha value is -2.88. The average Bonchev–Trinajstić information content (AvgIpc) is 3.23. The van der Waals surface area contributed by atoms with E-state index in [1.807, 2.05) is 0 Å². The number of hydrogen-bond donors (Lipinski definition) is 1. The smallest absolute Gasteiger partial charge is 0.416 e. The molecule has 0 aliphatic rings. The van der Waals surface area contributed by atoms with E-state index in [0.717, 1.165) is 12.1 Å². The summed E-state index contributed by atoms with van der Waals surface area (Å²) in [5, 5.41) is 15.4. The number of carboxylic acids is 1. The van der Waals surface area contributed by atoms with Crippen LogP contribution in [0, 0.1) is 0 Å². The van der Waals surface area contributed by atoms with Crippen LogP contribution in [0.2, 0.25) is 0 Å². The standard InChI is InChI=1S/C17H14F3N3O3S/c1-2-26-15-12(16(24)25)7-21-23(15)8-14-22-13(9-27-14)10-4-3-5-11(6-10)17(18,19)20/h3-7,9H,2,8H2,1H3,(H,24,25). The first-order valence-corrected chi connectivity index (χ1v) is 8.71. The van der Waals surface area contributed by atoms with Crippen molar-refractivity contribution in [3.05, 3.63) is 52.0 Å². The van der Waals surface area contributed by atoms with Crippen molar-refractivity contribution >= 4 is 17.3 Å². The summed E-state index contributed by atoms with van der Waals surface area (Å²) in [6.07, 6.45) is -3.24. The molecule has 0 saturated heterocycles. The molecule has 0 amide bonds. The van der Waals surface area contributed by atoms with Gasteiger partial charge in [-0.25, -0.2) is 14.5 Å². The highest BCUT2D eigenvalue weighted by Crippen LogP contribution is 2.32. The highest BCUT2D eigenvalue weighted by molar-refractivity contribution is 7.09. The molecule has 0 bridgehead atoms. The molecule has 10 heteroatoms. The molecule has 0 radical (unpaired) electrons. The first kappa shape index (κ1) is 18.9. The zero-order valence-electron chi connectivity index (χ0n) is 14.0. The quantitative estimate of drug-likeness (QED) is 0.676. The monoisotopic (exact) mass is 397 g/mol. The van der Waals surface area contributed by atoms with Crippen LogP contribution in [0.1, 0.15) is 27.9 Å². The lowest BCUT2D eigenvalue weighted by atomic mass is 10.1. The summed E-state index contributed by atoms with van der Waals surface area (Å²) in [7, 11) is 0. The predicted octanol–water partition coefficient (Wildman–Crippen LogP) is 4.17. The molecule has 0 fully saturated rings. The Morgan fingerprint density at radius 2 is 2.15 bits per heavy atom. The van der Waals surface area contributed by atoms with Crippen molar-refractivity contribution in [3.8, 4) is 17.1 Å². The zero-order chi connectivity index (χ0) is 19.6. The fourth-order valence-corrected chi connectivity index (χ4v) is 3.21. The number of carboxylic acid groups (broad SMARTS) is 1. The van der Waals surface area contributed by atoms with E-state index in [2.05, 4.69) is 10.1 Å². The maximum atomic E-state index is 12.9. The molecule has 0 saturated carbocycles. The molecule has 3 rings (SSSR count). The van der Waals surface area contributed by atoms with E-state index in [0.29, 0.717) is 16.3 Å². The lowest BCUT2D eigenvalue weighted by Gasteiger charge is -2.08. The fraction of sp³-hybridized carbons (Fsp3) is 0.235. The van der Waals surface area contributed by atoms with Gasteiger partial charge in [-0.15, -0.1) is 11.3 Å². The number of nitrogens with zero attached hydrogens (tertiary/aromatic N) is 3. The highest BCUT2D eigenvalue weighted by atomic mass is 32.1. The number of halogens is 3. The molecule has 0 unspecified atom stereocenters. The summed E-state index contributed by atoms with van der Waals surface area (Å²) < 4.78 is 45.3. The Morgan fingerprint density at radius 3 is 2.81 bits per heavy atom. The van der Waals surface area contributed by atoms with E-state index < -0.39 is 17.7 Å². The first-order valence-electron chi connectivity index (χ1n) is 7.83. The number of ether oxygens (including phenoxy) is 1. The number of alkyl halides is 3. The Labute approximate surface area is 155 Å². The molecule has 142 valence electrons. The summed E-state index contributed by atoms with van der Waals surface area (Å²) in [6.45, 7) is 2.13. The minimum Gasteiger partial charge on any atom is -0.478 e. The summed E-state index contributed by atoms with van der Waals surface area (Å²) in [5.74, 6) is -1.05. The Bertz CT molecular complexity index is 966. The second-order valence-corrected chi connectivity index (χ2v) is 6.41. The van der Waals surface area contributed by atoms with Crippen molar-refractivity contribution < 1.29 is 27.8 Å². The van der Waals surface area contributed by atoms with Gasteiger partial charge in [0.1, 0.15) is 10.6 Å². The van der Waals surface area contributed by atoms with Gasteiger partial charge in [0.2, 0.25) is 5.88 Å². The van der Waals surface area contributed by atoms with Crippen molar-refractivity contribution in [3.63, 3.8) is 0 Å². The lowest BCUT2D eigenvalue weighted by Crippen LogP contribution is -2.08. The van der Waals surface area contributed by atoms with E-state index in [1.165, 1.54) is 28.3 Å². The van der Waals surface area contributed by atoms with Crippen LogP contribution in [0.3, 0.4) is 0 Å². The average molecular weight is 397 g/mol. The Morgan fingerprint density at radius 1 is 1.37 bits per heavy atom. The van der Waals surface area contributed by atoms with Gasteiger partial charge in [0.05, 0.1) is 30.6 Å². The number of aromatic carboxylic acids is 1. The third-order valence-electron chi connectivity index (χ3n) is 3.62. The summed E-state index contributed by atoms with van der Waals surface area (Å²) in [5.41, 5.74) is -0.0495. The molecule has 0 atom stereocenters. The normalized spacial score (nSPS) is 11.6. The van der Waals surface area contributed by atoms with Crippen LogP contribution in [-0.2, 0) is 12.7 Å². The molecule has 1 N–H and O–H groups in total. The SMILES string of the molecule is CCOc1c(C(=O)O)cnn1Cc1nc(-c2cccc(C(F)(F)F)c2)cs1. The minimum absolute atomic E-state index is 0.0634. The molecule has 6 nitrogen and oxygen atoms in total. The van der Waals surface area contributed by atoms with Gasteiger partial charge in [0, 0.05) is 10.9 Å².